The summed E-state index contributed by atoms with van der Waals surface area (Å²) < 4.78 is 0. The van der Waals surface area contributed by atoms with E-state index in [1.807, 2.05) is 0 Å². The molecule has 0 saturated heterocycles. The lowest BCUT2D eigenvalue weighted by atomic mass is 10.5. The van der Waals surface area contributed by atoms with E-state index in [2.05, 4.69) is 0 Å². The van der Waals surface area contributed by atoms with E-state index in [4.69, 9.17) is 28.9 Å². The zero-order valence-electron chi connectivity index (χ0n) is 3.82. The van der Waals surface area contributed by atoms with E-state index in [1.165, 1.54) is 0 Å². The highest BCUT2D eigenvalue weighted by atomic mass is 35.5. The molecule has 0 saturated carbocycles. The number of alkyl halides is 1. The lowest BCUT2D eigenvalue weighted by Crippen LogP contribution is -1.93. The maximum atomic E-state index is 5.41. The highest BCUT2D eigenvalue weighted by Crippen LogP contribution is 2.00. The Labute approximate surface area is 53.1 Å². The first-order valence-electron chi connectivity index (χ1n) is 1.91. The van der Waals surface area contributed by atoms with Crippen molar-refractivity contribution in [3.8, 4) is 0 Å². The Morgan fingerprint density at radius 3 is 2.43 bits per heavy atom. The first-order valence-corrected chi connectivity index (χ1v) is 2.83. The van der Waals surface area contributed by atoms with Gasteiger partial charge in [-0.2, -0.15) is 0 Å². The topological polar surface area (TPSA) is 26.0 Å². The normalized spacial score (nSPS) is 12.1. The van der Waals surface area contributed by atoms with Gasteiger partial charge in [-0.25, -0.2) is 0 Å². The van der Waals surface area contributed by atoms with Crippen LogP contribution in [0.15, 0.2) is 11.1 Å². The smallest absolute Gasteiger partial charge is 0.0579 e. The molecule has 0 amide bonds. The predicted molar refractivity (Wildman–Crippen MR) is 33.7 cm³/mol. The summed E-state index contributed by atoms with van der Waals surface area (Å²) >= 11 is 10.7. The molecule has 2 N–H and O–H groups in total. The molecule has 1 nitrogen and oxygen atoms in total. The Morgan fingerprint density at radius 2 is 2.29 bits per heavy atom. The maximum Gasteiger partial charge on any atom is 0.0579 e. The first kappa shape index (κ1) is 7.28. The second kappa shape index (κ2) is 4.44. The van der Waals surface area contributed by atoms with E-state index in [0.29, 0.717) is 17.5 Å². The molecule has 0 fully saturated rings. The summed E-state index contributed by atoms with van der Waals surface area (Å²) in [5.41, 5.74) is 5.09. The largest absolute Gasteiger partial charge is 0.327 e. The second-order valence-electron chi connectivity index (χ2n) is 1.02. The number of nitrogens with two attached hydrogens (primary N) is 1. The van der Waals surface area contributed by atoms with Gasteiger partial charge in [0.15, 0.2) is 0 Å². The third kappa shape index (κ3) is 4.13. The molecule has 0 aromatic carbocycles. The molecule has 7 heavy (non-hydrogen) atoms. The third-order valence-electron chi connectivity index (χ3n) is 0.467. The van der Waals surface area contributed by atoms with E-state index in [9.17, 15) is 0 Å². The van der Waals surface area contributed by atoms with Gasteiger partial charge in [0.1, 0.15) is 0 Å². The van der Waals surface area contributed by atoms with Crippen LogP contribution in [0.25, 0.3) is 0 Å². The van der Waals surface area contributed by atoms with Crippen LogP contribution in [-0.2, 0) is 0 Å². The number of halogens is 2. The fraction of sp³-hybridized carbons (Fsp3) is 0.500. The summed E-state index contributed by atoms with van der Waals surface area (Å²) in [6.07, 6.45) is 1.68. The van der Waals surface area contributed by atoms with Crippen molar-refractivity contribution in [2.75, 3.05) is 12.4 Å². The molecular weight excluding hydrogens is 133 g/mol. The van der Waals surface area contributed by atoms with Crippen LogP contribution in [0, 0.1) is 0 Å². The van der Waals surface area contributed by atoms with Gasteiger partial charge in [0.25, 0.3) is 0 Å². The van der Waals surface area contributed by atoms with Gasteiger partial charge in [0.2, 0.25) is 0 Å². The van der Waals surface area contributed by atoms with Gasteiger partial charge < -0.3 is 5.73 Å². The van der Waals surface area contributed by atoms with E-state index in [-0.39, 0.29) is 0 Å². The standard InChI is InChI=1S/C4H7Cl2N/c5-3-4(6)1-2-7/h1H,2-3,7H2/b4-1+. The summed E-state index contributed by atoms with van der Waals surface area (Å²) in [5.74, 6) is 0.360. The Hall–Kier alpha value is 0.280. The van der Waals surface area contributed by atoms with Crippen LogP contribution >= 0.6 is 23.2 Å². The van der Waals surface area contributed by atoms with Crippen LogP contribution in [0.3, 0.4) is 0 Å². The molecule has 0 heterocycles. The number of hydrogen-bond acceptors (Lipinski definition) is 1. The fourth-order valence-corrected chi connectivity index (χ4v) is 0.381. The Balaban J connectivity index is 3.29. The molecule has 0 rings (SSSR count). The third-order valence-corrected chi connectivity index (χ3v) is 1.18. The molecule has 0 atom stereocenters. The van der Waals surface area contributed by atoms with E-state index in [0.717, 1.165) is 0 Å². The van der Waals surface area contributed by atoms with E-state index in [1.54, 1.807) is 6.08 Å². The quantitative estimate of drug-likeness (QED) is 0.575. The summed E-state index contributed by atoms with van der Waals surface area (Å²) in [6, 6.07) is 0. The van der Waals surface area contributed by atoms with Gasteiger partial charge in [0.05, 0.1) is 5.88 Å². The molecular formula is C4H7Cl2N. The Morgan fingerprint density at radius 1 is 1.71 bits per heavy atom. The average molecular weight is 140 g/mol. The van der Waals surface area contributed by atoms with Crippen LogP contribution in [0.5, 0.6) is 0 Å². The minimum absolute atomic E-state index is 0.360. The van der Waals surface area contributed by atoms with Crippen molar-refractivity contribution in [3.05, 3.63) is 11.1 Å². The van der Waals surface area contributed by atoms with Crippen LogP contribution in [-0.4, -0.2) is 12.4 Å². The van der Waals surface area contributed by atoms with Crippen molar-refractivity contribution in [2.45, 2.75) is 0 Å². The lowest BCUT2D eigenvalue weighted by molar-refractivity contribution is 1.24. The van der Waals surface area contributed by atoms with Crippen molar-refractivity contribution < 1.29 is 0 Å². The Kier molecular flexibility index (Phi) is 4.62. The zero-order valence-corrected chi connectivity index (χ0v) is 5.34. The average Bonchev–Trinajstić information content (AvgIpc) is 1.68. The maximum absolute atomic E-state index is 5.41. The van der Waals surface area contributed by atoms with Gasteiger partial charge >= 0.3 is 0 Å². The minimum Gasteiger partial charge on any atom is -0.327 e. The van der Waals surface area contributed by atoms with Crippen molar-refractivity contribution >= 4 is 23.2 Å². The zero-order chi connectivity index (χ0) is 5.70. The molecule has 0 aliphatic rings. The predicted octanol–water partition coefficient (Wildman–Crippen LogP) is 1.31. The molecule has 0 unspecified atom stereocenters. The SMILES string of the molecule is NC/C=C(/Cl)CCl. The van der Waals surface area contributed by atoms with Crippen molar-refractivity contribution in [1.82, 2.24) is 0 Å². The Bertz CT molecular complexity index is 70.1. The molecule has 0 aliphatic carbocycles. The van der Waals surface area contributed by atoms with Crippen molar-refractivity contribution in [1.29, 1.82) is 0 Å². The molecule has 0 aliphatic heterocycles. The van der Waals surface area contributed by atoms with E-state index < -0.39 is 0 Å². The molecule has 42 valence electrons. The molecule has 0 bridgehead atoms. The summed E-state index contributed by atoms with van der Waals surface area (Å²) in [5, 5.41) is 0.615. The van der Waals surface area contributed by atoms with Crippen molar-refractivity contribution in [3.63, 3.8) is 0 Å². The minimum atomic E-state index is 0.360. The van der Waals surface area contributed by atoms with Crippen LogP contribution in [0.4, 0.5) is 0 Å². The van der Waals surface area contributed by atoms with Gasteiger partial charge in [-0.3, -0.25) is 0 Å². The van der Waals surface area contributed by atoms with Crippen molar-refractivity contribution in [2.24, 2.45) is 5.73 Å². The van der Waals surface area contributed by atoms with Gasteiger partial charge in [0, 0.05) is 11.6 Å². The highest BCUT2D eigenvalue weighted by Gasteiger charge is 1.82. The van der Waals surface area contributed by atoms with Gasteiger partial charge in [-0.1, -0.05) is 17.7 Å². The second-order valence-corrected chi connectivity index (χ2v) is 1.77. The van der Waals surface area contributed by atoms with Crippen LogP contribution in [0.2, 0.25) is 0 Å². The highest BCUT2D eigenvalue weighted by molar-refractivity contribution is 6.35. The number of allylic oxidation sites excluding steroid dienone is 1. The summed E-state index contributed by atoms with van der Waals surface area (Å²) in [6.45, 7) is 0.464. The van der Waals surface area contributed by atoms with Gasteiger partial charge in [-0.05, 0) is 0 Å². The molecule has 0 radical (unpaired) electrons. The fourth-order valence-electron chi connectivity index (χ4n) is 0.182. The first-order chi connectivity index (χ1) is 3.31. The monoisotopic (exact) mass is 139 g/mol. The molecule has 0 spiro atoms. The molecule has 3 heteroatoms. The van der Waals surface area contributed by atoms with E-state index >= 15 is 0 Å². The molecule has 0 aromatic rings. The number of rotatable bonds is 2. The van der Waals surface area contributed by atoms with Gasteiger partial charge in [-0.15, -0.1) is 11.6 Å². The van der Waals surface area contributed by atoms with Crippen LogP contribution in [0.1, 0.15) is 0 Å². The lowest BCUT2D eigenvalue weighted by Gasteiger charge is -1.84. The van der Waals surface area contributed by atoms with Crippen LogP contribution < -0.4 is 5.73 Å². The number of hydrogen-bond donors (Lipinski definition) is 1. The summed E-state index contributed by atoms with van der Waals surface area (Å²) in [7, 11) is 0. The molecule has 0 aromatic heterocycles. The summed E-state index contributed by atoms with van der Waals surface area (Å²) in [4.78, 5) is 0.